The molecule has 0 aliphatic heterocycles. The summed E-state index contributed by atoms with van der Waals surface area (Å²) in [4.78, 5) is 0. The molecule has 3 heteroatoms. The molecule has 3 aliphatic rings. The topological polar surface area (TPSA) is 60.7 Å². The standard InChI is InChI=1S/C17H28O3/c1-15(18)8-5-4-6-11-12(7-9-16(11,2)19)17(3,20)14-10-13(14)15/h4,6,11-14,18-20H,5,7-10H2,1-3H3/b6-4+/t11-,12-,13-,14-,15-,16-,17-/m1/s1. The smallest absolute Gasteiger partial charge is 0.0686 e. The van der Waals surface area contributed by atoms with Gasteiger partial charge < -0.3 is 15.3 Å². The molecule has 0 saturated heterocycles. The monoisotopic (exact) mass is 280 g/mol. The van der Waals surface area contributed by atoms with Gasteiger partial charge in [0.25, 0.3) is 0 Å². The van der Waals surface area contributed by atoms with Crippen LogP contribution in [-0.2, 0) is 0 Å². The first-order valence-corrected chi connectivity index (χ1v) is 8.00. The van der Waals surface area contributed by atoms with Crippen molar-refractivity contribution >= 4 is 0 Å². The fourth-order valence-corrected chi connectivity index (χ4v) is 4.83. The van der Waals surface area contributed by atoms with Gasteiger partial charge in [-0.1, -0.05) is 12.2 Å². The molecule has 0 amide bonds. The fraction of sp³-hybridized carbons (Fsp3) is 0.882. The largest absolute Gasteiger partial charge is 0.390 e. The summed E-state index contributed by atoms with van der Waals surface area (Å²) in [5, 5.41) is 32.3. The van der Waals surface area contributed by atoms with Gasteiger partial charge in [-0.05, 0) is 70.6 Å². The number of aliphatic hydroxyl groups is 3. The molecule has 3 aliphatic carbocycles. The normalized spacial score (nSPS) is 60.5. The van der Waals surface area contributed by atoms with E-state index in [4.69, 9.17) is 0 Å². The lowest BCUT2D eigenvalue weighted by Crippen LogP contribution is -2.45. The van der Waals surface area contributed by atoms with Crippen LogP contribution in [-0.4, -0.2) is 32.1 Å². The Balaban J connectivity index is 1.95. The lowest BCUT2D eigenvalue weighted by Gasteiger charge is -2.38. The van der Waals surface area contributed by atoms with E-state index in [9.17, 15) is 15.3 Å². The van der Waals surface area contributed by atoms with Crippen LogP contribution in [0, 0.1) is 23.7 Å². The Morgan fingerprint density at radius 2 is 1.60 bits per heavy atom. The summed E-state index contributed by atoms with van der Waals surface area (Å²) in [5.74, 6) is 0.500. The van der Waals surface area contributed by atoms with Crippen LogP contribution in [0.25, 0.3) is 0 Å². The molecule has 0 aromatic carbocycles. The van der Waals surface area contributed by atoms with Crippen molar-refractivity contribution in [2.75, 3.05) is 0 Å². The van der Waals surface area contributed by atoms with Crippen LogP contribution in [0.3, 0.4) is 0 Å². The summed E-state index contributed by atoms with van der Waals surface area (Å²) in [7, 11) is 0. The quantitative estimate of drug-likeness (QED) is 0.596. The molecule has 0 aromatic rings. The van der Waals surface area contributed by atoms with Gasteiger partial charge in [0.1, 0.15) is 0 Å². The lowest BCUT2D eigenvalue weighted by atomic mass is 9.73. The second kappa shape index (κ2) is 4.31. The molecule has 2 fully saturated rings. The van der Waals surface area contributed by atoms with Crippen molar-refractivity contribution in [3.8, 4) is 0 Å². The van der Waals surface area contributed by atoms with Crippen LogP contribution in [0.5, 0.6) is 0 Å². The summed E-state index contributed by atoms with van der Waals surface area (Å²) >= 11 is 0. The molecule has 0 unspecified atom stereocenters. The highest BCUT2D eigenvalue weighted by molar-refractivity contribution is 5.16. The number of fused-ring (bicyclic) bond motifs is 2. The van der Waals surface area contributed by atoms with Crippen LogP contribution in [0.4, 0.5) is 0 Å². The van der Waals surface area contributed by atoms with Crippen molar-refractivity contribution in [2.45, 2.75) is 69.7 Å². The number of allylic oxidation sites excluding steroid dienone is 1. The Morgan fingerprint density at radius 1 is 0.900 bits per heavy atom. The van der Waals surface area contributed by atoms with Crippen LogP contribution in [0.15, 0.2) is 12.2 Å². The van der Waals surface area contributed by atoms with Crippen molar-refractivity contribution in [3.63, 3.8) is 0 Å². The zero-order chi connectivity index (χ0) is 14.8. The maximum absolute atomic E-state index is 11.1. The van der Waals surface area contributed by atoms with Crippen LogP contribution >= 0.6 is 0 Å². The number of hydrogen-bond donors (Lipinski definition) is 3. The van der Waals surface area contributed by atoms with E-state index in [-0.39, 0.29) is 23.7 Å². The second-order valence-corrected chi connectivity index (χ2v) is 8.03. The SMILES string of the molecule is C[C@@]1(O)[C@@H]2CC[C@@](C)(O)[C@@H]2/C=C/CC[C@@](C)(O)[C@@H]2C[C@H]21. The molecule has 114 valence electrons. The van der Waals surface area contributed by atoms with E-state index in [0.717, 1.165) is 32.1 Å². The third-order valence-electron chi connectivity index (χ3n) is 6.36. The molecule has 0 aromatic heterocycles. The van der Waals surface area contributed by atoms with Gasteiger partial charge in [0.2, 0.25) is 0 Å². The molecule has 3 rings (SSSR count). The van der Waals surface area contributed by atoms with Crippen molar-refractivity contribution in [3.05, 3.63) is 12.2 Å². The van der Waals surface area contributed by atoms with Gasteiger partial charge in [-0.25, -0.2) is 0 Å². The van der Waals surface area contributed by atoms with Crippen molar-refractivity contribution in [1.82, 2.24) is 0 Å². The molecular formula is C17H28O3. The Kier molecular flexibility index (Phi) is 3.14. The van der Waals surface area contributed by atoms with E-state index in [1.165, 1.54) is 0 Å². The Hall–Kier alpha value is -0.380. The zero-order valence-corrected chi connectivity index (χ0v) is 12.8. The van der Waals surface area contributed by atoms with E-state index in [0.29, 0.717) is 0 Å². The molecule has 0 heterocycles. The van der Waals surface area contributed by atoms with Crippen LogP contribution < -0.4 is 0 Å². The highest BCUT2D eigenvalue weighted by atomic mass is 16.3. The zero-order valence-electron chi connectivity index (χ0n) is 12.8. The van der Waals surface area contributed by atoms with Gasteiger partial charge in [-0.3, -0.25) is 0 Å². The molecule has 0 spiro atoms. The number of rotatable bonds is 0. The highest BCUT2D eigenvalue weighted by Gasteiger charge is 2.62. The van der Waals surface area contributed by atoms with Crippen molar-refractivity contribution in [2.24, 2.45) is 23.7 Å². The summed E-state index contributed by atoms with van der Waals surface area (Å²) in [6.07, 6.45) is 8.27. The average Bonchev–Trinajstić information content (AvgIpc) is 3.07. The first kappa shape index (κ1) is 14.6. The molecule has 0 radical (unpaired) electrons. The van der Waals surface area contributed by atoms with Gasteiger partial charge in [0, 0.05) is 5.92 Å². The van der Waals surface area contributed by atoms with E-state index in [1.54, 1.807) is 0 Å². The van der Waals surface area contributed by atoms with Crippen LogP contribution in [0.1, 0.15) is 52.9 Å². The van der Waals surface area contributed by atoms with Gasteiger partial charge in [0.15, 0.2) is 0 Å². The summed E-state index contributed by atoms with van der Waals surface area (Å²) < 4.78 is 0. The minimum atomic E-state index is -0.790. The summed E-state index contributed by atoms with van der Waals surface area (Å²) in [5.41, 5.74) is -2.17. The maximum Gasteiger partial charge on any atom is 0.0686 e. The molecule has 7 atom stereocenters. The van der Waals surface area contributed by atoms with Gasteiger partial charge in [-0.2, -0.15) is 0 Å². The predicted octanol–water partition coefficient (Wildman–Crippen LogP) is 2.25. The Labute approximate surface area is 121 Å². The van der Waals surface area contributed by atoms with Crippen molar-refractivity contribution < 1.29 is 15.3 Å². The van der Waals surface area contributed by atoms with Gasteiger partial charge in [0.05, 0.1) is 16.8 Å². The number of hydrogen-bond acceptors (Lipinski definition) is 3. The third-order valence-corrected chi connectivity index (χ3v) is 6.36. The fourth-order valence-electron chi connectivity index (χ4n) is 4.83. The Morgan fingerprint density at radius 3 is 2.30 bits per heavy atom. The summed E-state index contributed by atoms with van der Waals surface area (Å²) in [6.45, 7) is 5.72. The van der Waals surface area contributed by atoms with E-state index in [1.807, 2.05) is 20.8 Å². The van der Waals surface area contributed by atoms with E-state index < -0.39 is 16.8 Å². The molecule has 3 N–H and O–H groups in total. The molecule has 2 saturated carbocycles. The van der Waals surface area contributed by atoms with Crippen LogP contribution in [0.2, 0.25) is 0 Å². The maximum atomic E-state index is 11.1. The third kappa shape index (κ3) is 2.15. The minimum Gasteiger partial charge on any atom is -0.390 e. The molecule has 0 bridgehead atoms. The lowest BCUT2D eigenvalue weighted by molar-refractivity contribution is -0.0723. The minimum absolute atomic E-state index is 0.0294. The Bertz CT molecular complexity index is 422. The van der Waals surface area contributed by atoms with Gasteiger partial charge >= 0.3 is 0 Å². The highest BCUT2D eigenvalue weighted by Crippen LogP contribution is 2.60. The van der Waals surface area contributed by atoms with E-state index in [2.05, 4.69) is 12.2 Å². The second-order valence-electron chi connectivity index (χ2n) is 8.03. The molecule has 20 heavy (non-hydrogen) atoms. The first-order valence-electron chi connectivity index (χ1n) is 8.00. The molecule has 3 nitrogen and oxygen atoms in total. The predicted molar refractivity (Wildman–Crippen MR) is 78.1 cm³/mol. The summed E-state index contributed by atoms with van der Waals surface area (Å²) in [6, 6.07) is 0. The first-order chi connectivity index (χ1) is 9.16. The van der Waals surface area contributed by atoms with Crippen molar-refractivity contribution in [1.29, 1.82) is 0 Å². The van der Waals surface area contributed by atoms with Gasteiger partial charge in [-0.15, -0.1) is 0 Å². The van der Waals surface area contributed by atoms with E-state index >= 15 is 0 Å². The average molecular weight is 280 g/mol. The molecular weight excluding hydrogens is 252 g/mol.